The molecule has 0 aliphatic heterocycles. The van der Waals surface area contributed by atoms with Gasteiger partial charge in [0.15, 0.2) is 0 Å². The lowest BCUT2D eigenvalue weighted by Gasteiger charge is -2.17. The second kappa shape index (κ2) is 7.98. The number of hydrogen-bond acceptors (Lipinski definition) is 5. The first kappa shape index (κ1) is 20.1. The maximum atomic E-state index is 12.7. The van der Waals surface area contributed by atoms with Gasteiger partial charge in [-0.3, -0.25) is 4.79 Å². The van der Waals surface area contributed by atoms with Gasteiger partial charge in [-0.25, -0.2) is 4.68 Å². The fraction of sp³-hybridized carbons (Fsp3) is 0.438. The lowest BCUT2D eigenvalue weighted by atomic mass is 9.97. The third-order valence-corrected chi connectivity index (χ3v) is 4.99. The van der Waals surface area contributed by atoms with Crippen molar-refractivity contribution >= 4 is 23.4 Å². The van der Waals surface area contributed by atoms with Gasteiger partial charge in [0.25, 0.3) is 5.82 Å². The molecule has 1 aromatic heterocycles. The molecule has 1 aromatic carbocycles. The number of aromatic nitrogens is 3. The van der Waals surface area contributed by atoms with Crippen LogP contribution in [0.1, 0.15) is 44.5 Å². The summed E-state index contributed by atoms with van der Waals surface area (Å²) in [7, 11) is 0. The molecule has 3 N–H and O–H groups in total. The fourth-order valence-corrected chi connectivity index (χ4v) is 3.03. The van der Waals surface area contributed by atoms with Crippen molar-refractivity contribution in [1.29, 1.82) is 0 Å². The monoisotopic (exact) mass is 387 g/mol. The first-order valence-corrected chi connectivity index (χ1v) is 8.87. The summed E-state index contributed by atoms with van der Waals surface area (Å²) in [6, 6.07) is 7.44. The molecule has 142 valence electrons. The fourth-order valence-electron chi connectivity index (χ4n) is 2.26. The molecule has 2 atom stereocenters. The van der Waals surface area contributed by atoms with Gasteiger partial charge < -0.3 is 11.2 Å². The van der Waals surface area contributed by atoms with Crippen molar-refractivity contribution < 1.29 is 18.0 Å². The average molecular weight is 387 g/mol. The average Bonchev–Trinajstić information content (AvgIpc) is 2.95. The van der Waals surface area contributed by atoms with Crippen LogP contribution in [0.5, 0.6) is 0 Å². The Bertz CT molecular complexity index is 777. The zero-order valence-corrected chi connectivity index (χ0v) is 15.4. The predicted molar refractivity (Wildman–Crippen MR) is 94.3 cm³/mol. The summed E-state index contributed by atoms with van der Waals surface area (Å²) >= 11 is 0.807. The van der Waals surface area contributed by atoms with Crippen LogP contribution in [-0.2, 0) is 11.0 Å². The van der Waals surface area contributed by atoms with Crippen molar-refractivity contribution in [3.63, 3.8) is 0 Å². The number of halogens is 3. The van der Waals surface area contributed by atoms with Crippen LogP contribution >= 0.6 is 11.8 Å². The Hall–Kier alpha value is -2.23. The Kier molecular flexibility index (Phi) is 6.17. The van der Waals surface area contributed by atoms with Gasteiger partial charge in [-0.05, 0) is 30.9 Å². The highest BCUT2D eigenvalue weighted by atomic mass is 32.2. The van der Waals surface area contributed by atoms with E-state index in [0.29, 0.717) is 10.4 Å². The Morgan fingerprint density at radius 3 is 2.54 bits per heavy atom. The lowest BCUT2D eigenvalue weighted by Crippen LogP contribution is -2.25. The van der Waals surface area contributed by atoms with Crippen LogP contribution in [0.25, 0.3) is 0 Å². The molecule has 0 saturated carbocycles. The molecule has 1 heterocycles. The van der Waals surface area contributed by atoms with E-state index in [9.17, 15) is 18.0 Å². The number of nitrogens with two attached hydrogens (primary N) is 1. The number of amides is 1. The quantitative estimate of drug-likeness (QED) is 0.584. The summed E-state index contributed by atoms with van der Waals surface area (Å²) in [6.07, 6.45) is -3.80. The molecular formula is C16H20F3N5OS. The number of benzene rings is 1. The molecule has 0 bridgehead atoms. The van der Waals surface area contributed by atoms with Gasteiger partial charge in [0, 0.05) is 5.69 Å². The third kappa shape index (κ3) is 4.48. The first-order valence-electron chi connectivity index (χ1n) is 7.99. The second-order valence-corrected chi connectivity index (χ2v) is 7.13. The van der Waals surface area contributed by atoms with Gasteiger partial charge in [-0.1, -0.05) is 43.8 Å². The van der Waals surface area contributed by atoms with Crippen molar-refractivity contribution in [2.45, 2.75) is 49.7 Å². The zero-order valence-electron chi connectivity index (χ0n) is 14.5. The molecule has 2 rings (SSSR count). The van der Waals surface area contributed by atoms with Crippen LogP contribution in [-0.4, -0.2) is 26.0 Å². The third-order valence-electron chi connectivity index (χ3n) is 3.93. The highest BCUT2D eigenvalue weighted by Crippen LogP contribution is 2.31. The molecule has 0 aliphatic carbocycles. The number of anilines is 1. The molecule has 0 unspecified atom stereocenters. The Labute approximate surface area is 153 Å². The number of thioether (sulfide) groups is 1. The molecule has 2 aromatic rings. The number of alkyl halides is 3. The van der Waals surface area contributed by atoms with Gasteiger partial charge in [0.05, 0.1) is 5.25 Å². The highest BCUT2D eigenvalue weighted by Gasteiger charge is 2.38. The number of rotatable bonds is 6. The van der Waals surface area contributed by atoms with Gasteiger partial charge in [0.2, 0.25) is 11.1 Å². The lowest BCUT2D eigenvalue weighted by molar-refractivity contribution is -0.146. The summed E-state index contributed by atoms with van der Waals surface area (Å²) in [5.74, 6) is 3.98. The minimum atomic E-state index is -4.71. The number of nitrogen functional groups attached to an aromatic ring is 1. The number of carbonyl (C=O) groups is 1. The van der Waals surface area contributed by atoms with Gasteiger partial charge in [-0.15, -0.1) is 10.2 Å². The Balaban J connectivity index is 2.11. The van der Waals surface area contributed by atoms with Crippen LogP contribution in [0, 0.1) is 0 Å². The SMILES string of the molecule is CC[C@H](C)c1ccccc1NC(=O)[C@H](C)Sc1nnc(C(F)(F)F)n1N. The van der Waals surface area contributed by atoms with Crippen LogP contribution < -0.4 is 11.2 Å². The number of nitrogens with zero attached hydrogens (tertiary/aromatic N) is 3. The second-order valence-electron chi connectivity index (χ2n) is 5.82. The van der Waals surface area contributed by atoms with Crippen molar-refractivity contribution in [2.24, 2.45) is 0 Å². The van der Waals surface area contributed by atoms with E-state index in [4.69, 9.17) is 5.84 Å². The van der Waals surface area contributed by atoms with Crippen LogP contribution in [0.15, 0.2) is 29.4 Å². The number of nitrogens with one attached hydrogen (secondary N) is 1. The molecule has 6 nitrogen and oxygen atoms in total. The van der Waals surface area contributed by atoms with Crippen LogP contribution in [0.4, 0.5) is 18.9 Å². The van der Waals surface area contributed by atoms with E-state index in [1.165, 1.54) is 0 Å². The molecule has 0 spiro atoms. The summed E-state index contributed by atoms with van der Waals surface area (Å²) in [4.78, 5) is 12.4. The van der Waals surface area contributed by atoms with E-state index < -0.39 is 17.3 Å². The van der Waals surface area contributed by atoms with Crippen molar-refractivity contribution in [1.82, 2.24) is 14.9 Å². The predicted octanol–water partition coefficient (Wildman–Crippen LogP) is 3.64. The minimum Gasteiger partial charge on any atom is -0.335 e. The first-order chi connectivity index (χ1) is 12.1. The molecule has 1 amide bonds. The van der Waals surface area contributed by atoms with Crippen molar-refractivity contribution in [2.75, 3.05) is 11.2 Å². The smallest absolute Gasteiger partial charge is 0.335 e. The maximum absolute atomic E-state index is 12.7. The van der Waals surface area contributed by atoms with E-state index in [1.54, 1.807) is 13.0 Å². The normalized spacial score (nSPS) is 14.1. The Morgan fingerprint density at radius 1 is 1.31 bits per heavy atom. The number of para-hydroxylation sites is 1. The molecule has 0 aliphatic rings. The Morgan fingerprint density at radius 2 is 1.96 bits per heavy atom. The standard InChI is InChI=1S/C16H20F3N5OS/c1-4-9(2)11-7-5-6-8-12(11)21-13(25)10(3)26-15-23-22-14(24(15)20)16(17,18)19/h5-10H,4,20H2,1-3H3,(H,21,25)/t9-,10-/m0/s1. The van der Waals surface area contributed by atoms with E-state index >= 15 is 0 Å². The molecule has 0 saturated heterocycles. The van der Waals surface area contributed by atoms with Gasteiger partial charge in [0.1, 0.15) is 0 Å². The summed E-state index contributed by atoms with van der Waals surface area (Å²) in [6.45, 7) is 5.67. The highest BCUT2D eigenvalue weighted by molar-refractivity contribution is 8.00. The molecule has 0 radical (unpaired) electrons. The molecular weight excluding hydrogens is 367 g/mol. The summed E-state index contributed by atoms with van der Waals surface area (Å²) in [5.41, 5.74) is 1.69. The van der Waals surface area contributed by atoms with Crippen molar-refractivity contribution in [3.8, 4) is 0 Å². The van der Waals surface area contributed by atoms with Crippen LogP contribution in [0.2, 0.25) is 0 Å². The number of carbonyl (C=O) groups excluding carboxylic acids is 1. The maximum Gasteiger partial charge on any atom is 0.453 e. The minimum absolute atomic E-state index is 0.185. The van der Waals surface area contributed by atoms with E-state index in [0.717, 1.165) is 23.7 Å². The van der Waals surface area contributed by atoms with Crippen LogP contribution in [0.3, 0.4) is 0 Å². The summed E-state index contributed by atoms with van der Waals surface area (Å²) in [5, 5.41) is 8.39. The van der Waals surface area contributed by atoms with Crippen molar-refractivity contribution in [3.05, 3.63) is 35.7 Å². The van der Waals surface area contributed by atoms with Gasteiger partial charge in [-0.2, -0.15) is 13.2 Å². The van der Waals surface area contributed by atoms with Gasteiger partial charge >= 0.3 is 6.18 Å². The largest absolute Gasteiger partial charge is 0.453 e. The summed E-state index contributed by atoms with van der Waals surface area (Å²) < 4.78 is 38.5. The van der Waals surface area contributed by atoms with E-state index in [2.05, 4.69) is 22.4 Å². The molecule has 10 heteroatoms. The zero-order chi connectivity index (χ0) is 19.5. The van der Waals surface area contributed by atoms with E-state index in [-0.39, 0.29) is 17.0 Å². The van der Waals surface area contributed by atoms with E-state index in [1.807, 2.05) is 25.1 Å². The molecule has 26 heavy (non-hydrogen) atoms. The topological polar surface area (TPSA) is 85.8 Å². The number of hydrogen-bond donors (Lipinski definition) is 2. The molecule has 0 fully saturated rings.